The number of halogens is 2. The topological polar surface area (TPSA) is 118 Å². The fraction of sp³-hybridized carbons (Fsp3) is 0.0357. The van der Waals surface area contributed by atoms with Gasteiger partial charge in [-0.1, -0.05) is 59.6 Å². The van der Waals surface area contributed by atoms with Crippen molar-refractivity contribution in [3.63, 3.8) is 0 Å². The van der Waals surface area contributed by atoms with Crippen molar-refractivity contribution in [3.8, 4) is 12.1 Å². The standard InChI is InChI=1S/C28H19Cl2N5O2/c1-18(34-35-28(37)23(17-32)15-20-4-10-25(30)11-5-20)21-6-12-26(13-7-21)33-27(36)22(16-31)14-19-2-8-24(29)9-3-19/h2-15H,1H3,(H,33,36)(H,35,37)/b22-14+,23-15+,34-18+. The van der Waals surface area contributed by atoms with Gasteiger partial charge in [0.25, 0.3) is 11.8 Å². The highest BCUT2D eigenvalue weighted by Gasteiger charge is 2.11. The second-order valence-electron chi connectivity index (χ2n) is 7.61. The molecule has 0 radical (unpaired) electrons. The molecule has 0 aromatic heterocycles. The summed E-state index contributed by atoms with van der Waals surface area (Å²) in [5.41, 5.74) is 5.14. The number of nitriles is 2. The maximum Gasteiger partial charge on any atom is 0.282 e. The molecule has 3 aromatic rings. The lowest BCUT2D eigenvalue weighted by Gasteiger charge is -2.07. The summed E-state index contributed by atoms with van der Waals surface area (Å²) in [4.78, 5) is 24.9. The second-order valence-corrected chi connectivity index (χ2v) is 8.49. The van der Waals surface area contributed by atoms with Crippen molar-refractivity contribution in [3.05, 3.63) is 111 Å². The number of hydrazone groups is 1. The first-order valence-electron chi connectivity index (χ1n) is 10.8. The van der Waals surface area contributed by atoms with Crippen molar-refractivity contribution in [2.75, 3.05) is 5.32 Å². The quantitative estimate of drug-likeness (QED) is 0.170. The molecule has 0 spiro atoms. The van der Waals surface area contributed by atoms with Crippen LogP contribution in [0, 0.1) is 22.7 Å². The van der Waals surface area contributed by atoms with Crippen LogP contribution in [0.15, 0.2) is 89.0 Å². The smallest absolute Gasteiger partial charge is 0.282 e. The summed E-state index contributed by atoms with van der Waals surface area (Å²) >= 11 is 11.7. The SMILES string of the molecule is C/C(=N\NC(=O)/C(C#N)=C/c1ccc(Cl)cc1)c1ccc(NC(=O)/C(C#N)=C/c2ccc(Cl)cc2)cc1. The second kappa shape index (κ2) is 12.9. The molecule has 0 saturated heterocycles. The molecule has 3 aromatic carbocycles. The van der Waals surface area contributed by atoms with Crippen molar-refractivity contribution in [1.82, 2.24) is 5.43 Å². The molecule has 0 aliphatic carbocycles. The molecule has 0 fully saturated rings. The first kappa shape index (κ1) is 26.9. The van der Waals surface area contributed by atoms with Crippen molar-refractivity contribution in [2.24, 2.45) is 5.10 Å². The van der Waals surface area contributed by atoms with E-state index in [1.165, 1.54) is 12.2 Å². The minimum Gasteiger partial charge on any atom is -0.321 e. The van der Waals surface area contributed by atoms with E-state index >= 15 is 0 Å². The number of anilines is 1. The first-order valence-corrected chi connectivity index (χ1v) is 11.6. The molecule has 0 aliphatic rings. The molecule has 0 bridgehead atoms. The Morgan fingerprint density at radius 2 is 1.22 bits per heavy atom. The number of carbonyl (C=O) groups excluding carboxylic acids is 2. The number of hydrogen-bond donors (Lipinski definition) is 2. The third-order valence-corrected chi connectivity index (χ3v) is 5.48. The van der Waals surface area contributed by atoms with Crippen LogP contribution in [0.3, 0.4) is 0 Å². The van der Waals surface area contributed by atoms with Crippen LogP contribution < -0.4 is 10.7 Å². The fourth-order valence-electron chi connectivity index (χ4n) is 3.00. The van der Waals surface area contributed by atoms with Crippen molar-refractivity contribution < 1.29 is 9.59 Å². The van der Waals surface area contributed by atoms with Crippen LogP contribution in [0.1, 0.15) is 23.6 Å². The highest BCUT2D eigenvalue weighted by molar-refractivity contribution is 6.30. The molecule has 2 amide bonds. The number of benzene rings is 3. The number of carbonyl (C=O) groups is 2. The van der Waals surface area contributed by atoms with Crippen LogP contribution >= 0.6 is 23.2 Å². The van der Waals surface area contributed by atoms with E-state index in [-0.39, 0.29) is 11.1 Å². The Bertz CT molecular complexity index is 1480. The fourth-order valence-corrected chi connectivity index (χ4v) is 3.25. The molecule has 7 nitrogen and oxygen atoms in total. The summed E-state index contributed by atoms with van der Waals surface area (Å²) in [6, 6.07) is 23.9. The van der Waals surface area contributed by atoms with Gasteiger partial charge in [0.15, 0.2) is 0 Å². The van der Waals surface area contributed by atoms with Gasteiger partial charge in [0, 0.05) is 15.7 Å². The molecule has 9 heteroatoms. The maximum atomic E-state index is 12.5. The summed E-state index contributed by atoms with van der Waals surface area (Å²) in [6.07, 6.45) is 2.90. The number of nitrogens with zero attached hydrogens (tertiary/aromatic N) is 3. The van der Waals surface area contributed by atoms with Gasteiger partial charge in [0.05, 0.1) is 5.71 Å². The molecule has 0 saturated carbocycles. The van der Waals surface area contributed by atoms with Crippen molar-refractivity contribution >= 4 is 58.6 Å². The van der Waals surface area contributed by atoms with Gasteiger partial charge in [0.1, 0.15) is 23.3 Å². The summed E-state index contributed by atoms with van der Waals surface area (Å²) in [5, 5.41) is 26.5. The van der Waals surface area contributed by atoms with E-state index in [0.717, 1.165) is 0 Å². The number of rotatable bonds is 7. The van der Waals surface area contributed by atoms with Crippen LogP contribution in [-0.2, 0) is 9.59 Å². The summed E-state index contributed by atoms with van der Waals surface area (Å²) in [7, 11) is 0. The van der Waals surface area contributed by atoms with Gasteiger partial charge in [-0.15, -0.1) is 0 Å². The predicted octanol–water partition coefficient (Wildman–Crippen LogP) is 5.99. The average molecular weight is 528 g/mol. The minimum atomic E-state index is -0.655. The number of hydrogen-bond acceptors (Lipinski definition) is 5. The Balaban J connectivity index is 1.64. The normalized spacial score (nSPS) is 11.8. The Morgan fingerprint density at radius 3 is 1.68 bits per heavy atom. The van der Waals surface area contributed by atoms with Crippen LogP contribution in [-0.4, -0.2) is 17.5 Å². The van der Waals surface area contributed by atoms with Gasteiger partial charge in [-0.05, 0) is 72.2 Å². The number of nitrogens with one attached hydrogen (secondary N) is 2. The third kappa shape index (κ3) is 7.91. The lowest BCUT2D eigenvalue weighted by atomic mass is 10.1. The lowest BCUT2D eigenvalue weighted by molar-refractivity contribution is -0.117. The van der Waals surface area contributed by atoms with Gasteiger partial charge in [0.2, 0.25) is 0 Å². The number of amides is 2. The Labute approximate surface area is 223 Å². The highest BCUT2D eigenvalue weighted by atomic mass is 35.5. The zero-order chi connectivity index (χ0) is 26.8. The molecule has 3 rings (SSSR count). The summed E-state index contributed by atoms with van der Waals surface area (Å²) < 4.78 is 0. The molecule has 0 aliphatic heterocycles. The largest absolute Gasteiger partial charge is 0.321 e. The van der Waals surface area contributed by atoms with E-state index in [9.17, 15) is 20.1 Å². The molecule has 182 valence electrons. The molecule has 0 heterocycles. The van der Waals surface area contributed by atoms with Crippen molar-refractivity contribution in [2.45, 2.75) is 6.92 Å². The Hall–Kier alpha value is -4.69. The molecular formula is C28H19Cl2N5O2. The summed E-state index contributed by atoms with van der Waals surface area (Å²) in [5.74, 6) is -1.21. The summed E-state index contributed by atoms with van der Waals surface area (Å²) in [6.45, 7) is 1.69. The third-order valence-electron chi connectivity index (χ3n) is 4.98. The van der Waals surface area contributed by atoms with Gasteiger partial charge >= 0.3 is 0 Å². The van der Waals surface area contributed by atoms with Gasteiger partial charge in [-0.2, -0.15) is 15.6 Å². The highest BCUT2D eigenvalue weighted by Crippen LogP contribution is 2.16. The molecular weight excluding hydrogens is 509 g/mol. The molecule has 37 heavy (non-hydrogen) atoms. The van der Waals surface area contributed by atoms with Crippen LogP contribution in [0.4, 0.5) is 5.69 Å². The van der Waals surface area contributed by atoms with Crippen molar-refractivity contribution in [1.29, 1.82) is 10.5 Å². The Kier molecular flexibility index (Phi) is 9.35. The predicted molar refractivity (Wildman–Crippen MR) is 146 cm³/mol. The molecule has 0 unspecified atom stereocenters. The first-order chi connectivity index (χ1) is 17.8. The van der Waals surface area contributed by atoms with Gasteiger partial charge in [-0.25, -0.2) is 5.43 Å². The van der Waals surface area contributed by atoms with Crippen LogP contribution in [0.5, 0.6) is 0 Å². The van der Waals surface area contributed by atoms with Crippen LogP contribution in [0.2, 0.25) is 10.0 Å². The average Bonchev–Trinajstić information content (AvgIpc) is 2.91. The van der Waals surface area contributed by atoms with Gasteiger partial charge in [-0.3, -0.25) is 9.59 Å². The Morgan fingerprint density at radius 1 is 0.757 bits per heavy atom. The zero-order valence-electron chi connectivity index (χ0n) is 19.5. The molecule has 2 N–H and O–H groups in total. The van der Waals surface area contributed by atoms with E-state index in [1.807, 2.05) is 12.1 Å². The van der Waals surface area contributed by atoms with E-state index in [4.69, 9.17) is 23.2 Å². The van der Waals surface area contributed by atoms with E-state index in [0.29, 0.717) is 38.1 Å². The zero-order valence-corrected chi connectivity index (χ0v) is 21.0. The molecule has 0 atom stereocenters. The lowest BCUT2D eigenvalue weighted by Crippen LogP contribution is -2.20. The monoisotopic (exact) mass is 527 g/mol. The van der Waals surface area contributed by atoms with Gasteiger partial charge < -0.3 is 5.32 Å². The van der Waals surface area contributed by atoms with E-state index < -0.39 is 11.8 Å². The minimum absolute atomic E-state index is 0.0631. The van der Waals surface area contributed by atoms with Crippen LogP contribution in [0.25, 0.3) is 12.2 Å². The maximum absolute atomic E-state index is 12.5. The van der Waals surface area contributed by atoms with E-state index in [2.05, 4.69) is 15.8 Å². The van der Waals surface area contributed by atoms with E-state index in [1.54, 1.807) is 79.7 Å².